The van der Waals surface area contributed by atoms with E-state index in [2.05, 4.69) is 60.8 Å². The van der Waals surface area contributed by atoms with Gasteiger partial charge in [0, 0.05) is 12.5 Å². The molecule has 0 bridgehead atoms. The molecule has 0 aromatic heterocycles. The molecule has 1 atom stereocenters. The molecular weight excluding hydrogens is 298 g/mol. The van der Waals surface area contributed by atoms with E-state index in [1.807, 2.05) is 32.9 Å². The highest BCUT2D eigenvalue weighted by Gasteiger charge is 2.23. The van der Waals surface area contributed by atoms with Gasteiger partial charge >= 0.3 is 6.09 Å². The Labute approximate surface area is 145 Å². The number of amides is 1. The highest BCUT2D eigenvalue weighted by atomic mass is 16.6. The van der Waals surface area contributed by atoms with Crippen LogP contribution in [0.15, 0.2) is 60.7 Å². The molecule has 2 aromatic carbocycles. The summed E-state index contributed by atoms with van der Waals surface area (Å²) >= 11 is 0. The van der Waals surface area contributed by atoms with Crippen molar-refractivity contribution in [3.8, 4) is 0 Å². The Balaban J connectivity index is 2.12. The first-order valence-corrected chi connectivity index (χ1v) is 8.43. The van der Waals surface area contributed by atoms with Gasteiger partial charge in [-0.1, -0.05) is 67.6 Å². The van der Waals surface area contributed by atoms with E-state index in [0.717, 1.165) is 0 Å². The number of carbonyl (C=O) groups is 1. The molecule has 3 heteroatoms. The molecule has 1 unspecified atom stereocenters. The van der Waals surface area contributed by atoms with Gasteiger partial charge in [-0.15, -0.1) is 0 Å². The van der Waals surface area contributed by atoms with Crippen LogP contribution in [-0.2, 0) is 4.74 Å². The van der Waals surface area contributed by atoms with Crippen LogP contribution in [0, 0.1) is 5.92 Å². The maximum atomic E-state index is 11.9. The molecule has 0 radical (unpaired) electrons. The SMILES string of the molecule is CC(CNC(=O)OC(C)(C)C)C(c1ccccc1)c1ccccc1. The molecule has 2 aromatic rings. The summed E-state index contributed by atoms with van der Waals surface area (Å²) in [6.45, 7) is 8.32. The lowest BCUT2D eigenvalue weighted by Gasteiger charge is -2.26. The summed E-state index contributed by atoms with van der Waals surface area (Å²) in [6, 6.07) is 20.8. The molecule has 128 valence electrons. The van der Waals surface area contributed by atoms with E-state index in [0.29, 0.717) is 6.54 Å². The van der Waals surface area contributed by atoms with Crippen LogP contribution >= 0.6 is 0 Å². The Morgan fingerprint density at radius 2 is 1.42 bits per heavy atom. The number of hydrogen-bond acceptors (Lipinski definition) is 2. The van der Waals surface area contributed by atoms with E-state index in [1.165, 1.54) is 11.1 Å². The normalized spacial score (nSPS) is 12.7. The van der Waals surface area contributed by atoms with Crippen LogP contribution in [0.4, 0.5) is 4.79 Å². The largest absolute Gasteiger partial charge is 0.444 e. The van der Waals surface area contributed by atoms with Gasteiger partial charge in [0.1, 0.15) is 5.60 Å². The number of hydrogen-bond donors (Lipinski definition) is 1. The van der Waals surface area contributed by atoms with Crippen molar-refractivity contribution in [3.63, 3.8) is 0 Å². The van der Waals surface area contributed by atoms with Gasteiger partial charge in [0.05, 0.1) is 0 Å². The number of benzene rings is 2. The Morgan fingerprint density at radius 1 is 0.958 bits per heavy atom. The highest BCUT2D eigenvalue weighted by molar-refractivity contribution is 5.67. The summed E-state index contributed by atoms with van der Waals surface area (Å²) < 4.78 is 5.33. The maximum absolute atomic E-state index is 11.9. The molecule has 0 heterocycles. The van der Waals surface area contributed by atoms with Crippen LogP contribution in [0.5, 0.6) is 0 Å². The van der Waals surface area contributed by atoms with Gasteiger partial charge in [-0.2, -0.15) is 0 Å². The second kappa shape index (κ2) is 8.00. The van der Waals surface area contributed by atoms with Crippen molar-refractivity contribution in [2.45, 2.75) is 39.2 Å². The van der Waals surface area contributed by atoms with E-state index < -0.39 is 5.60 Å². The quantitative estimate of drug-likeness (QED) is 0.842. The maximum Gasteiger partial charge on any atom is 0.407 e. The van der Waals surface area contributed by atoms with Gasteiger partial charge in [-0.3, -0.25) is 0 Å². The topological polar surface area (TPSA) is 38.3 Å². The first-order chi connectivity index (χ1) is 11.4. The van der Waals surface area contributed by atoms with Crippen LogP contribution in [-0.4, -0.2) is 18.2 Å². The van der Waals surface area contributed by atoms with E-state index in [9.17, 15) is 4.79 Å². The van der Waals surface area contributed by atoms with Crippen LogP contribution in [0.1, 0.15) is 44.7 Å². The van der Waals surface area contributed by atoms with Crippen LogP contribution in [0.25, 0.3) is 0 Å². The fourth-order valence-corrected chi connectivity index (χ4v) is 2.85. The average molecular weight is 325 g/mol. The molecule has 0 aliphatic carbocycles. The average Bonchev–Trinajstić information content (AvgIpc) is 2.54. The minimum Gasteiger partial charge on any atom is -0.444 e. The third-order valence-electron chi connectivity index (χ3n) is 3.85. The summed E-state index contributed by atoms with van der Waals surface area (Å²) in [4.78, 5) is 11.9. The molecule has 1 amide bonds. The van der Waals surface area contributed by atoms with Crippen molar-refractivity contribution in [2.75, 3.05) is 6.54 Å². The molecule has 0 saturated carbocycles. The minimum atomic E-state index is -0.481. The summed E-state index contributed by atoms with van der Waals surface area (Å²) in [6.07, 6.45) is -0.366. The minimum absolute atomic E-state index is 0.224. The molecular formula is C21H27NO2. The number of alkyl carbamates (subject to hydrolysis) is 1. The zero-order chi connectivity index (χ0) is 17.6. The van der Waals surface area contributed by atoms with E-state index >= 15 is 0 Å². The Kier molecular flexibility index (Phi) is 6.02. The van der Waals surface area contributed by atoms with Crippen LogP contribution in [0.2, 0.25) is 0 Å². The lowest BCUT2D eigenvalue weighted by molar-refractivity contribution is 0.0519. The molecule has 0 saturated heterocycles. The Morgan fingerprint density at radius 3 is 1.83 bits per heavy atom. The van der Waals surface area contributed by atoms with E-state index in [4.69, 9.17) is 4.74 Å². The highest BCUT2D eigenvalue weighted by Crippen LogP contribution is 2.31. The number of ether oxygens (including phenoxy) is 1. The fourth-order valence-electron chi connectivity index (χ4n) is 2.85. The van der Waals surface area contributed by atoms with Crippen molar-refractivity contribution in [1.29, 1.82) is 0 Å². The van der Waals surface area contributed by atoms with Crippen LogP contribution in [0.3, 0.4) is 0 Å². The monoisotopic (exact) mass is 325 g/mol. The fraction of sp³-hybridized carbons (Fsp3) is 0.381. The first-order valence-electron chi connectivity index (χ1n) is 8.43. The van der Waals surface area contributed by atoms with Crippen molar-refractivity contribution < 1.29 is 9.53 Å². The van der Waals surface area contributed by atoms with Crippen molar-refractivity contribution in [1.82, 2.24) is 5.32 Å². The molecule has 0 aliphatic rings. The van der Waals surface area contributed by atoms with Gasteiger partial charge in [0.15, 0.2) is 0 Å². The summed E-state index contributed by atoms with van der Waals surface area (Å²) in [5.74, 6) is 0.463. The second-order valence-electron chi connectivity index (χ2n) is 7.16. The van der Waals surface area contributed by atoms with E-state index in [1.54, 1.807) is 0 Å². The zero-order valence-electron chi connectivity index (χ0n) is 15.0. The summed E-state index contributed by atoms with van der Waals surface area (Å²) in [5, 5.41) is 2.90. The van der Waals surface area contributed by atoms with Gasteiger partial charge in [-0.05, 0) is 37.8 Å². The third-order valence-corrected chi connectivity index (χ3v) is 3.85. The van der Waals surface area contributed by atoms with Crippen molar-refractivity contribution in [2.24, 2.45) is 5.92 Å². The predicted octanol–water partition coefficient (Wildman–Crippen LogP) is 4.98. The van der Waals surface area contributed by atoms with Crippen LogP contribution < -0.4 is 5.32 Å². The van der Waals surface area contributed by atoms with Gasteiger partial charge in [-0.25, -0.2) is 4.79 Å². The van der Waals surface area contributed by atoms with Gasteiger partial charge < -0.3 is 10.1 Å². The van der Waals surface area contributed by atoms with Crippen molar-refractivity contribution in [3.05, 3.63) is 71.8 Å². The number of rotatable bonds is 5. The summed E-state index contributed by atoms with van der Waals surface area (Å²) in [7, 11) is 0. The van der Waals surface area contributed by atoms with Crippen molar-refractivity contribution >= 4 is 6.09 Å². The van der Waals surface area contributed by atoms with E-state index in [-0.39, 0.29) is 17.9 Å². The molecule has 0 spiro atoms. The number of nitrogens with one attached hydrogen (secondary N) is 1. The standard InChI is InChI=1S/C21H27NO2/c1-16(15-22-20(23)24-21(2,3)4)19(17-11-7-5-8-12-17)18-13-9-6-10-14-18/h5-14,16,19H,15H2,1-4H3,(H,22,23). The lowest BCUT2D eigenvalue weighted by Crippen LogP contribution is -2.36. The molecule has 2 rings (SSSR count). The summed E-state index contributed by atoms with van der Waals surface area (Å²) in [5.41, 5.74) is 2.02. The number of carbonyl (C=O) groups excluding carboxylic acids is 1. The third kappa shape index (κ3) is 5.41. The lowest BCUT2D eigenvalue weighted by atomic mass is 9.81. The Hall–Kier alpha value is -2.29. The Bertz CT molecular complexity index is 592. The second-order valence-corrected chi connectivity index (χ2v) is 7.16. The smallest absolute Gasteiger partial charge is 0.407 e. The molecule has 0 aliphatic heterocycles. The molecule has 1 N–H and O–H groups in total. The zero-order valence-corrected chi connectivity index (χ0v) is 15.0. The van der Waals surface area contributed by atoms with Gasteiger partial charge in [0.25, 0.3) is 0 Å². The molecule has 0 fully saturated rings. The molecule has 3 nitrogen and oxygen atoms in total. The van der Waals surface area contributed by atoms with Gasteiger partial charge in [0.2, 0.25) is 0 Å². The molecule has 24 heavy (non-hydrogen) atoms. The predicted molar refractivity (Wildman–Crippen MR) is 98.1 cm³/mol. The first kappa shape index (κ1) is 18.1.